The van der Waals surface area contributed by atoms with Crippen LogP contribution in [0.3, 0.4) is 0 Å². The Kier molecular flexibility index (Phi) is 2.70. The molecule has 0 aliphatic carbocycles. The second kappa shape index (κ2) is 4.00. The molecule has 3 heteroatoms. The molecule has 1 atom stereocenters. The molecule has 1 unspecified atom stereocenters. The fourth-order valence-electron chi connectivity index (χ4n) is 1.45. The SMILES string of the molecule is Cc1c(P)cc(-c2ccccc2)c[n+]1[O-]. The summed E-state index contributed by atoms with van der Waals surface area (Å²) in [4.78, 5) is 0. The van der Waals surface area contributed by atoms with Gasteiger partial charge in [0.1, 0.15) is 0 Å². The number of benzene rings is 1. The van der Waals surface area contributed by atoms with Crippen LogP contribution in [0.2, 0.25) is 0 Å². The first-order chi connectivity index (χ1) is 7.18. The zero-order valence-electron chi connectivity index (χ0n) is 8.47. The van der Waals surface area contributed by atoms with Gasteiger partial charge in [-0.2, -0.15) is 4.73 Å². The van der Waals surface area contributed by atoms with Gasteiger partial charge in [0, 0.05) is 17.8 Å². The minimum atomic E-state index is 0.722. The number of nitrogens with zero attached hydrogens (tertiary/aromatic N) is 1. The Morgan fingerprint density at radius 1 is 1.13 bits per heavy atom. The minimum absolute atomic E-state index is 0.722. The smallest absolute Gasteiger partial charge is 0.196 e. The third kappa shape index (κ3) is 2.00. The first kappa shape index (κ1) is 10.1. The summed E-state index contributed by atoms with van der Waals surface area (Å²) in [7, 11) is 2.59. The summed E-state index contributed by atoms with van der Waals surface area (Å²) in [5, 5.41) is 12.5. The Bertz CT molecular complexity index is 459. The number of hydrogen-bond acceptors (Lipinski definition) is 1. The molecule has 1 aromatic heterocycles. The van der Waals surface area contributed by atoms with Gasteiger partial charge in [-0.05, 0) is 11.6 Å². The molecule has 0 bridgehead atoms. The Morgan fingerprint density at radius 3 is 2.40 bits per heavy atom. The van der Waals surface area contributed by atoms with Crippen LogP contribution in [0.5, 0.6) is 0 Å². The van der Waals surface area contributed by atoms with Crippen LogP contribution in [0, 0.1) is 12.1 Å². The van der Waals surface area contributed by atoms with E-state index in [2.05, 4.69) is 9.24 Å². The maximum Gasteiger partial charge on any atom is 0.196 e. The monoisotopic (exact) mass is 217 g/mol. The lowest BCUT2D eigenvalue weighted by atomic mass is 10.1. The highest BCUT2D eigenvalue weighted by molar-refractivity contribution is 7.27. The van der Waals surface area contributed by atoms with Crippen molar-refractivity contribution in [2.75, 3.05) is 0 Å². The van der Waals surface area contributed by atoms with E-state index in [1.807, 2.05) is 43.3 Å². The molecule has 0 fully saturated rings. The summed E-state index contributed by atoms with van der Waals surface area (Å²) in [5.41, 5.74) is 2.73. The number of pyridine rings is 1. The molecule has 0 aliphatic heterocycles. The lowest BCUT2D eigenvalue weighted by Gasteiger charge is -2.06. The molecule has 76 valence electrons. The summed E-state index contributed by atoms with van der Waals surface area (Å²) in [6.45, 7) is 1.81. The predicted octanol–water partition coefficient (Wildman–Crippen LogP) is 1.80. The van der Waals surface area contributed by atoms with Gasteiger partial charge >= 0.3 is 0 Å². The molecule has 0 saturated carbocycles. The lowest BCUT2D eigenvalue weighted by molar-refractivity contribution is -0.610. The fraction of sp³-hybridized carbons (Fsp3) is 0.0833. The first-order valence-corrected chi connectivity index (χ1v) is 5.31. The van der Waals surface area contributed by atoms with Crippen molar-refractivity contribution in [1.82, 2.24) is 0 Å². The van der Waals surface area contributed by atoms with Gasteiger partial charge in [0.25, 0.3) is 0 Å². The maximum atomic E-state index is 11.5. The molecular formula is C12H12NOP. The molecule has 2 rings (SSSR count). The number of rotatable bonds is 1. The van der Waals surface area contributed by atoms with Crippen molar-refractivity contribution in [1.29, 1.82) is 0 Å². The molecule has 15 heavy (non-hydrogen) atoms. The normalized spacial score (nSPS) is 10.3. The molecule has 0 N–H and O–H groups in total. The van der Waals surface area contributed by atoms with E-state index in [-0.39, 0.29) is 0 Å². The van der Waals surface area contributed by atoms with Gasteiger partial charge in [0.15, 0.2) is 11.9 Å². The van der Waals surface area contributed by atoms with Crippen LogP contribution in [0.4, 0.5) is 0 Å². The van der Waals surface area contributed by atoms with E-state index in [4.69, 9.17) is 0 Å². The van der Waals surface area contributed by atoms with Gasteiger partial charge in [-0.3, -0.25) is 0 Å². The van der Waals surface area contributed by atoms with E-state index < -0.39 is 0 Å². The largest absolute Gasteiger partial charge is 0.618 e. The summed E-state index contributed by atoms with van der Waals surface area (Å²) >= 11 is 0. The molecule has 1 aromatic carbocycles. The number of hydrogen-bond donors (Lipinski definition) is 0. The van der Waals surface area contributed by atoms with Crippen molar-refractivity contribution in [3.05, 3.63) is 53.5 Å². The van der Waals surface area contributed by atoms with Crippen LogP contribution in [-0.2, 0) is 0 Å². The van der Waals surface area contributed by atoms with Gasteiger partial charge in [0.05, 0.1) is 0 Å². The summed E-state index contributed by atoms with van der Waals surface area (Å²) in [6, 6.07) is 11.9. The van der Waals surface area contributed by atoms with Crippen molar-refractivity contribution in [3.63, 3.8) is 0 Å². The zero-order chi connectivity index (χ0) is 10.8. The molecule has 2 nitrogen and oxygen atoms in total. The molecule has 0 saturated heterocycles. The van der Waals surface area contributed by atoms with Gasteiger partial charge in [-0.1, -0.05) is 39.6 Å². The molecule has 0 spiro atoms. The van der Waals surface area contributed by atoms with E-state index in [9.17, 15) is 5.21 Å². The van der Waals surface area contributed by atoms with Gasteiger partial charge < -0.3 is 5.21 Å². The summed E-state index contributed by atoms with van der Waals surface area (Å²) in [6.07, 6.45) is 1.61. The van der Waals surface area contributed by atoms with Crippen LogP contribution < -0.4 is 10.0 Å². The second-order valence-corrected chi connectivity index (χ2v) is 4.08. The number of aromatic nitrogens is 1. The summed E-state index contributed by atoms with van der Waals surface area (Å²) in [5.74, 6) is 0. The van der Waals surface area contributed by atoms with Crippen molar-refractivity contribution in [2.24, 2.45) is 0 Å². The standard InChI is InChI=1S/C12H12NOP/c1-9-12(15)7-11(8-13(9)14)10-5-3-2-4-6-10/h2-8H,15H2,1H3. The summed E-state index contributed by atoms with van der Waals surface area (Å²) < 4.78 is 0.907. The quantitative estimate of drug-likeness (QED) is 0.406. The maximum absolute atomic E-state index is 11.5. The van der Waals surface area contributed by atoms with E-state index >= 15 is 0 Å². The highest BCUT2D eigenvalue weighted by Crippen LogP contribution is 2.16. The van der Waals surface area contributed by atoms with Crippen molar-refractivity contribution >= 4 is 14.5 Å². The van der Waals surface area contributed by atoms with E-state index in [0.29, 0.717) is 0 Å². The second-order valence-electron chi connectivity index (χ2n) is 3.46. The van der Waals surface area contributed by atoms with Crippen molar-refractivity contribution < 1.29 is 4.73 Å². The topological polar surface area (TPSA) is 26.9 Å². The molecule has 0 radical (unpaired) electrons. The Morgan fingerprint density at radius 2 is 1.80 bits per heavy atom. The molecule has 2 aromatic rings. The van der Waals surface area contributed by atoms with Crippen molar-refractivity contribution in [3.8, 4) is 11.1 Å². The van der Waals surface area contributed by atoms with Gasteiger partial charge in [-0.15, -0.1) is 0 Å². The van der Waals surface area contributed by atoms with Crippen LogP contribution in [0.15, 0.2) is 42.6 Å². The van der Waals surface area contributed by atoms with Gasteiger partial charge in [-0.25, -0.2) is 0 Å². The lowest BCUT2D eigenvalue weighted by Crippen LogP contribution is -2.34. The minimum Gasteiger partial charge on any atom is -0.618 e. The average Bonchev–Trinajstić information content (AvgIpc) is 2.26. The predicted molar refractivity (Wildman–Crippen MR) is 64.9 cm³/mol. The van der Waals surface area contributed by atoms with Gasteiger partial charge in [0.2, 0.25) is 0 Å². The first-order valence-electron chi connectivity index (χ1n) is 4.73. The van der Waals surface area contributed by atoms with Crippen LogP contribution >= 0.6 is 9.24 Å². The molecular weight excluding hydrogens is 205 g/mol. The Balaban J connectivity index is 2.56. The third-order valence-corrected chi connectivity index (χ3v) is 3.01. The molecule has 0 amide bonds. The molecule has 0 aliphatic rings. The van der Waals surface area contributed by atoms with E-state index in [0.717, 1.165) is 26.9 Å². The average molecular weight is 217 g/mol. The Labute approximate surface area is 91.4 Å². The third-order valence-electron chi connectivity index (χ3n) is 2.42. The van der Waals surface area contributed by atoms with E-state index in [1.54, 1.807) is 6.20 Å². The van der Waals surface area contributed by atoms with Crippen LogP contribution in [0.1, 0.15) is 5.69 Å². The molecule has 1 heterocycles. The highest BCUT2D eigenvalue weighted by Gasteiger charge is 2.07. The fourth-order valence-corrected chi connectivity index (χ4v) is 1.75. The van der Waals surface area contributed by atoms with Crippen LogP contribution in [-0.4, -0.2) is 0 Å². The Hall–Kier alpha value is -1.40. The van der Waals surface area contributed by atoms with Crippen molar-refractivity contribution in [2.45, 2.75) is 6.92 Å². The zero-order valence-corrected chi connectivity index (χ0v) is 9.63. The van der Waals surface area contributed by atoms with E-state index in [1.165, 1.54) is 0 Å². The highest BCUT2D eigenvalue weighted by atomic mass is 31.0. The van der Waals surface area contributed by atoms with Crippen LogP contribution in [0.25, 0.3) is 11.1 Å².